The standard InChI is InChI=1S/C23H23Cl2NO2/c1-14-16(22(27)28-5)13-21(15-10-11-18(24)19(25)12-15)26(14)20-9-7-6-8-17(20)23(2,3)4/h6-13H,1-5H3. The molecule has 0 atom stereocenters. The highest BCUT2D eigenvalue weighted by molar-refractivity contribution is 6.42. The van der Waals surface area contributed by atoms with Crippen LogP contribution in [0.4, 0.5) is 0 Å². The molecule has 0 spiro atoms. The van der Waals surface area contributed by atoms with Crippen molar-refractivity contribution < 1.29 is 9.53 Å². The summed E-state index contributed by atoms with van der Waals surface area (Å²) in [6, 6.07) is 15.5. The highest BCUT2D eigenvalue weighted by Gasteiger charge is 2.25. The SMILES string of the molecule is COC(=O)c1cc(-c2ccc(Cl)c(Cl)c2)n(-c2ccccc2C(C)(C)C)c1C. The molecule has 2 aromatic carbocycles. The molecule has 0 unspecified atom stereocenters. The Morgan fingerprint density at radius 2 is 1.68 bits per heavy atom. The number of carbonyl (C=O) groups is 1. The number of aromatic nitrogens is 1. The van der Waals surface area contributed by atoms with Gasteiger partial charge in [0.1, 0.15) is 0 Å². The number of rotatable bonds is 3. The molecule has 0 amide bonds. The Labute approximate surface area is 175 Å². The van der Waals surface area contributed by atoms with Crippen LogP contribution in [-0.2, 0) is 10.2 Å². The summed E-state index contributed by atoms with van der Waals surface area (Å²) in [5, 5.41) is 0.955. The van der Waals surface area contributed by atoms with Crippen LogP contribution in [0.25, 0.3) is 16.9 Å². The van der Waals surface area contributed by atoms with Gasteiger partial charge in [-0.05, 0) is 42.2 Å². The monoisotopic (exact) mass is 415 g/mol. The molecule has 3 nitrogen and oxygen atoms in total. The highest BCUT2D eigenvalue weighted by atomic mass is 35.5. The summed E-state index contributed by atoms with van der Waals surface area (Å²) in [4.78, 5) is 12.4. The third kappa shape index (κ3) is 3.69. The quantitative estimate of drug-likeness (QED) is 0.438. The van der Waals surface area contributed by atoms with E-state index in [1.54, 1.807) is 6.07 Å². The normalized spacial score (nSPS) is 11.5. The van der Waals surface area contributed by atoms with Gasteiger partial charge >= 0.3 is 5.97 Å². The number of hydrogen-bond acceptors (Lipinski definition) is 2. The van der Waals surface area contributed by atoms with E-state index in [9.17, 15) is 4.79 Å². The first-order valence-corrected chi connectivity index (χ1v) is 9.76. The number of esters is 1. The summed E-state index contributed by atoms with van der Waals surface area (Å²) in [5.41, 5.74) is 5.17. The molecule has 3 aromatic rings. The lowest BCUT2D eigenvalue weighted by atomic mass is 9.85. The van der Waals surface area contributed by atoms with Gasteiger partial charge in [-0.15, -0.1) is 0 Å². The third-order valence-electron chi connectivity index (χ3n) is 4.82. The van der Waals surface area contributed by atoms with Gasteiger partial charge in [-0.25, -0.2) is 4.79 Å². The van der Waals surface area contributed by atoms with E-state index >= 15 is 0 Å². The van der Waals surface area contributed by atoms with Crippen molar-refractivity contribution in [2.45, 2.75) is 33.1 Å². The van der Waals surface area contributed by atoms with Crippen LogP contribution >= 0.6 is 23.2 Å². The Morgan fingerprint density at radius 3 is 2.29 bits per heavy atom. The number of benzene rings is 2. The van der Waals surface area contributed by atoms with E-state index in [-0.39, 0.29) is 11.4 Å². The minimum atomic E-state index is -0.370. The van der Waals surface area contributed by atoms with Gasteiger partial charge in [-0.3, -0.25) is 0 Å². The average molecular weight is 416 g/mol. The predicted molar refractivity (Wildman–Crippen MR) is 116 cm³/mol. The van der Waals surface area contributed by atoms with Crippen LogP contribution in [0.1, 0.15) is 42.4 Å². The lowest BCUT2D eigenvalue weighted by Gasteiger charge is -2.25. The summed E-state index contributed by atoms with van der Waals surface area (Å²) in [7, 11) is 1.39. The molecule has 0 N–H and O–H groups in total. The number of nitrogens with zero attached hydrogens (tertiary/aromatic N) is 1. The molecule has 0 aliphatic rings. The van der Waals surface area contributed by atoms with Crippen molar-refractivity contribution in [3.63, 3.8) is 0 Å². The Morgan fingerprint density at radius 1 is 1.00 bits per heavy atom. The molecule has 5 heteroatoms. The van der Waals surface area contributed by atoms with Crippen molar-refractivity contribution in [3.8, 4) is 16.9 Å². The van der Waals surface area contributed by atoms with Gasteiger partial charge in [0.25, 0.3) is 0 Å². The van der Waals surface area contributed by atoms with E-state index in [2.05, 4.69) is 37.5 Å². The number of carbonyl (C=O) groups excluding carboxylic acids is 1. The smallest absolute Gasteiger partial charge is 0.339 e. The molecule has 0 bridgehead atoms. The fraction of sp³-hybridized carbons (Fsp3) is 0.261. The first-order valence-electron chi connectivity index (χ1n) is 9.01. The van der Waals surface area contributed by atoms with Crippen LogP contribution in [0.5, 0.6) is 0 Å². The molecule has 0 aliphatic carbocycles. The molecule has 0 radical (unpaired) electrons. The van der Waals surface area contributed by atoms with Crippen LogP contribution in [0, 0.1) is 6.92 Å². The number of ether oxygens (including phenoxy) is 1. The Bertz CT molecular complexity index is 1050. The molecule has 0 saturated carbocycles. The first kappa shape index (κ1) is 20.5. The zero-order valence-electron chi connectivity index (χ0n) is 16.6. The van der Waals surface area contributed by atoms with Gasteiger partial charge in [-0.1, -0.05) is 68.2 Å². The second-order valence-corrected chi connectivity index (χ2v) is 8.57. The van der Waals surface area contributed by atoms with E-state index in [0.717, 1.165) is 22.6 Å². The van der Waals surface area contributed by atoms with Crippen LogP contribution < -0.4 is 0 Å². The number of para-hydroxylation sites is 1. The molecule has 1 heterocycles. The molecule has 146 valence electrons. The van der Waals surface area contributed by atoms with Gasteiger partial charge in [-0.2, -0.15) is 0 Å². The second-order valence-electron chi connectivity index (χ2n) is 7.75. The zero-order chi connectivity index (χ0) is 20.6. The highest BCUT2D eigenvalue weighted by Crippen LogP contribution is 2.36. The molecule has 0 aliphatic heterocycles. The van der Waals surface area contributed by atoms with Gasteiger partial charge in [0.2, 0.25) is 0 Å². The maximum Gasteiger partial charge on any atom is 0.339 e. The largest absolute Gasteiger partial charge is 0.465 e. The topological polar surface area (TPSA) is 31.2 Å². The fourth-order valence-corrected chi connectivity index (χ4v) is 3.70. The van der Waals surface area contributed by atoms with Crippen LogP contribution in [0.3, 0.4) is 0 Å². The molecular weight excluding hydrogens is 393 g/mol. The predicted octanol–water partition coefficient (Wildman–Crippen LogP) is 6.84. The second kappa shape index (κ2) is 7.65. The van der Waals surface area contributed by atoms with E-state index in [1.165, 1.54) is 12.7 Å². The Balaban J connectivity index is 2.36. The molecule has 0 fully saturated rings. The number of halogens is 2. The molecule has 3 rings (SSSR count). The Kier molecular flexibility index (Phi) is 5.60. The van der Waals surface area contributed by atoms with Crippen molar-refractivity contribution in [1.29, 1.82) is 0 Å². The van der Waals surface area contributed by atoms with Gasteiger partial charge in [0.05, 0.1) is 28.4 Å². The number of hydrogen-bond donors (Lipinski definition) is 0. The van der Waals surface area contributed by atoms with E-state index < -0.39 is 0 Å². The minimum Gasteiger partial charge on any atom is -0.465 e. The fourth-order valence-electron chi connectivity index (χ4n) is 3.40. The lowest BCUT2D eigenvalue weighted by molar-refractivity contribution is 0.0600. The maximum atomic E-state index is 12.4. The molecule has 0 saturated heterocycles. The van der Waals surface area contributed by atoms with Gasteiger partial charge in [0, 0.05) is 16.9 Å². The maximum absolute atomic E-state index is 12.4. The summed E-state index contributed by atoms with van der Waals surface area (Å²) in [6.45, 7) is 8.44. The molecule has 1 aromatic heterocycles. The lowest BCUT2D eigenvalue weighted by Crippen LogP contribution is -2.16. The minimum absolute atomic E-state index is 0.0758. The third-order valence-corrected chi connectivity index (χ3v) is 5.56. The van der Waals surface area contributed by atoms with Crippen LogP contribution in [0.15, 0.2) is 48.5 Å². The van der Waals surface area contributed by atoms with Gasteiger partial charge in [0.15, 0.2) is 0 Å². The van der Waals surface area contributed by atoms with Crippen molar-refractivity contribution in [3.05, 3.63) is 75.4 Å². The summed E-state index contributed by atoms with van der Waals surface area (Å²) in [5.74, 6) is -0.370. The van der Waals surface area contributed by atoms with Crippen molar-refractivity contribution in [2.24, 2.45) is 0 Å². The van der Waals surface area contributed by atoms with E-state index in [4.69, 9.17) is 27.9 Å². The first-order chi connectivity index (χ1) is 13.1. The van der Waals surface area contributed by atoms with Crippen LogP contribution in [0.2, 0.25) is 10.0 Å². The molecular formula is C23H23Cl2NO2. The van der Waals surface area contributed by atoms with Crippen LogP contribution in [-0.4, -0.2) is 17.6 Å². The summed E-state index contributed by atoms with van der Waals surface area (Å²) < 4.78 is 7.09. The van der Waals surface area contributed by atoms with E-state index in [1.807, 2.05) is 37.3 Å². The number of methoxy groups -OCH3 is 1. The summed E-state index contributed by atoms with van der Waals surface area (Å²) in [6.07, 6.45) is 0. The molecule has 28 heavy (non-hydrogen) atoms. The van der Waals surface area contributed by atoms with E-state index in [0.29, 0.717) is 15.6 Å². The van der Waals surface area contributed by atoms with Crippen molar-refractivity contribution >= 4 is 29.2 Å². The van der Waals surface area contributed by atoms with Gasteiger partial charge < -0.3 is 9.30 Å². The van der Waals surface area contributed by atoms with Crippen molar-refractivity contribution in [2.75, 3.05) is 7.11 Å². The average Bonchev–Trinajstić information content (AvgIpc) is 2.99. The van der Waals surface area contributed by atoms with Crippen molar-refractivity contribution in [1.82, 2.24) is 4.57 Å². The summed E-state index contributed by atoms with van der Waals surface area (Å²) >= 11 is 12.4. The zero-order valence-corrected chi connectivity index (χ0v) is 18.2. The Hall–Kier alpha value is -2.23.